The van der Waals surface area contributed by atoms with Crippen molar-refractivity contribution in [3.63, 3.8) is 0 Å². The molecule has 0 bridgehead atoms. The van der Waals surface area contributed by atoms with Crippen LogP contribution in [0.1, 0.15) is 30.6 Å². The van der Waals surface area contributed by atoms with Gasteiger partial charge in [-0.15, -0.1) is 0 Å². The van der Waals surface area contributed by atoms with Crippen molar-refractivity contribution in [2.45, 2.75) is 25.8 Å². The summed E-state index contributed by atoms with van der Waals surface area (Å²) in [5, 5.41) is 11.8. The molecule has 6 heteroatoms. The highest BCUT2D eigenvalue weighted by Gasteiger charge is 2.23. The quantitative estimate of drug-likeness (QED) is 0.829. The Kier molecular flexibility index (Phi) is 5.13. The van der Waals surface area contributed by atoms with Crippen molar-refractivity contribution in [2.75, 3.05) is 6.61 Å². The highest BCUT2D eigenvalue weighted by Crippen LogP contribution is 2.25. The standard InChI is InChI=1S/C12H14BrClFNO2/c1-12(2,3-4-17)16-11(18)8-5-7(14)6-9(15)10(8)13/h5-6,17H,3-4H2,1-2H3,(H,16,18). The maximum absolute atomic E-state index is 13.4. The first-order valence-electron chi connectivity index (χ1n) is 5.35. The largest absolute Gasteiger partial charge is 0.396 e. The number of hydrogen-bond donors (Lipinski definition) is 2. The molecule has 3 nitrogen and oxygen atoms in total. The van der Waals surface area contributed by atoms with Gasteiger partial charge in [0.15, 0.2) is 0 Å². The lowest BCUT2D eigenvalue weighted by Gasteiger charge is -2.25. The van der Waals surface area contributed by atoms with E-state index in [4.69, 9.17) is 16.7 Å². The number of benzene rings is 1. The van der Waals surface area contributed by atoms with Crippen molar-refractivity contribution in [1.82, 2.24) is 5.32 Å². The third-order valence-electron chi connectivity index (χ3n) is 2.43. The van der Waals surface area contributed by atoms with Gasteiger partial charge in [-0.3, -0.25) is 4.79 Å². The van der Waals surface area contributed by atoms with Crippen LogP contribution in [-0.4, -0.2) is 23.2 Å². The summed E-state index contributed by atoms with van der Waals surface area (Å²) in [6.07, 6.45) is 0.402. The number of amides is 1. The summed E-state index contributed by atoms with van der Waals surface area (Å²) in [5.74, 6) is -1.03. The Labute approximate surface area is 118 Å². The zero-order valence-corrected chi connectivity index (χ0v) is 12.4. The molecule has 0 saturated heterocycles. The summed E-state index contributed by atoms with van der Waals surface area (Å²) in [7, 11) is 0. The van der Waals surface area contributed by atoms with Crippen LogP contribution in [0.4, 0.5) is 4.39 Å². The van der Waals surface area contributed by atoms with Crippen LogP contribution in [0.3, 0.4) is 0 Å². The first-order chi connectivity index (χ1) is 8.26. The van der Waals surface area contributed by atoms with Gasteiger partial charge in [-0.2, -0.15) is 0 Å². The third-order valence-corrected chi connectivity index (χ3v) is 3.45. The fourth-order valence-electron chi connectivity index (χ4n) is 1.44. The number of aliphatic hydroxyl groups excluding tert-OH is 1. The fraction of sp³-hybridized carbons (Fsp3) is 0.417. The molecule has 0 aliphatic carbocycles. The monoisotopic (exact) mass is 337 g/mol. The summed E-state index contributed by atoms with van der Waals surface area (Å²) in [5.41, 5.74) is -0.449. The van der Waals surface area contributed by atoms with E-state index in [0.29, 0.717) is 6.42 Å². The first kappa shape index (κ1) is 15.4. The molecule has 1 aromatic rings. The van der Waals surface area contributed by atoms with Crippen molar-refractivity contribution < 1.29 is 14.3 Å². The first-order valence-corrected chi connectivity index (χ1v) is 6.52. The molecule has 1 aromatic carbocycles. The second-order valence-electron chi connectivity index (χ2n) is 4.56. The lowest BCUT2D eigenvalue weighted by Crippen LogP contribution is -2.44. The summed E-state index contributed by atoms with van der Waals surface area (Å²) in [6, 6.07) is 2.51. The number of carbonyl (C=O) groups excluding carboxylic acids is 1. The SMILES string of the molecule is CC(C)(CCO)NC(=O)c1cc(Cl)cc(F)c1Br. The second kappa shape index (κ2) is 5.99. The Bertz CT molecular complexity index is 466. The Hall–Kier alpha value is -0.650. The number of carbonyl (C=O) groups is 1. The number of rotatable bonds is 4. The Balaban J connectivity index is 2.98. The van der Waals surface area contributed by atoms with Gasteiger partial charge in [0.1, 0.15) is 5.82 Å². The van der Waals surface area contributed by atoms with Gasteiger partial charge in [-0.05, 0) is 48.3 Å². The van der Waals surface area contributed by atoms with Crippen LogP contribution in [0, 0.1) is 5.82 Å². The highest BCUT2D eigenvalue weighted by atomic mass is 79.9. The van der Waals surface area contributed by atoms with Gasteiger partial charge in [-0.25, -0.2) is 4.39 Å². The van der Waals surface area contributed by atoms with E-state index < -0.39 is 17.3 Å². The van der Waals surface area contributed by atoms with Gasteiger partial charge >= 0.3 is 0 Å². The summed E-state index contributed by atoms with van der Waals surface area (Å²) >= 11 is 8.74. The van der Waals surface area contributed by atoms with E-state index in [2.05, 4.69) is 21.2 Å². The minimum absolute atomic E-state index is 0.0433. The normalized spacial score (nSPS) is 11.4. The van der Waals surface area contributed by atoms with Crippen molar-refractivity contribution in [1.29, 1.82) is 0 Å². The smallest absolute Gasteiger partial charge is 0.252 e. The van der Waals surface area contributed by atoms with Gasteiger partial charge in [0.05, 0.1) is 10.0 Å². The lowest BCUT2D eigenvalue weighted by molar-refractivity contribution is 0.0898. The van der Waals surface area contributed by atoms with Crippen molar-refractivity contribution in [3.8, 4) is 0 Å². The van der Waals surface area contributed by atoms with E-state index in [9.17, 15) is 9.18 Å². The van der Waals surface area contributed by atoms with Crippen molar-refractivity contribution >= 4 is 33.4 Å². The van der Waals surface area contributed by atoms with Crippen molar-refractivity contribution in [2.24, 2.45) is 0 Å². The Morgan fingerprint density at radius 3 is 2.72 bits per heavy atom. The molecule has 1 amide bonds. The van der Waals surface area contributed by atoms with Crippen LogP contribution < -0.4 is 5.32 Å². The Morgan fingerprint density at radius 1 is 1.56 bits per heavy atom. The number of hydrogen-bond acceptors (Lipinski definition) is 2. The van der Waals surface area contributed by atoms with Gasteiger partial charge < -0.3 is 10.4 Å². The van der Waals surface area contributed by atoms with E-state index >= 15 is 0 Å². The molecule has 2 N–H and O–H groups in total. The molecule has 18 heavy (non-hydrogen) atoms. The number of halogens is 3. The van der Waals surface area contributed by atoms with E-state index in [1.807, 2.05) is 0 Å². The van der Waals surface area contributed by atoms with Crippen LogP contribution in [0.25, 0.3) is 0 Å². The maximum Gasteiger partial charge on any atom is 0.252 e. The molecule has 0 heterocycles. The van der Waals surface area contributed by atoms with E-state index in [0.717, 1.165) is 6.07 Å². The minimum Gasteiger partial charge on any atom is -0.396 e. The molecule has 0 radical (unpaired) electrons. The average molecular weight is 339 g/mol. The van der Waals surface area contributed by atoms with Gasteiger partial charge in [0.2, 0.25) is 0 Å². The molecule has 0 aliphatic rings. The zero-order chi connectivity index (χ0) is 13.9. The molecular weight excluding hydrogens is 324 g/mol. The minimum atomic E-state index is -0.590. The van der Waals surface area contributed by atoms with Crippen LogP contribution >= 0.6 is 27.5 Å². The van der Waals surface area contributed by atoms with E-state index in [-0.39, 0.29) is 21.7 Å². The molecule has 0 saturated carbocycles. The van der Waals surface area contributed by atoms with E-state index in [1.54, 1.807) is 13.8 Å². The number of nitrogens with one attached hydrogen (secondary N) is 1. The van der Waals surface area contributed by atoms with Crippen LogP contribution in [0.5, 0.6) is 0 Å². The fourth-order valence-corrected chi connectivity index (χ4v) is 2.05. The molecule has 0 aliphatic heterocycles. The highest BCUT2D eigenvalue weighted by molar-refractivity contribution is 9.10. The molecular formula is C12H14BrClFNO2. The zero-order valence-electron chi connectivity index (χ0n) is 10.1. The average Bonchev–Trinajstić information content (AvgIpc) is 2.22. The molecule has 0 atom stereocenters. The molecule has 100 valence electrons. The molecule has 0 aromatic heterocycles. The summed E-state index contributed by atoms with van der Waals surface area (Å²) < 4.78 is 13.5. The molecule has 0 unspecified atom stereocenters. The second-order valence-corrected chi connectivity index (χ2v) is 5.79. The predicted molar refractivity (Wildman–Crippen MR) is 72.4 cm³/mol. The van der Waals surface area contributed by atoms with Crippen molar-refractivity contribution in [3.05, 3.63) is 33.0 Å². The van der Waals surface area contributed by atoms with Gasteiger partial charge in [0, 0.05) is 17.2 Å². The van der Waals surface area contributed by atoms with Crippen LogP contribution in [0.15, 0.2) is 16.6 Å². The van der Waals surface area contributed by atoms with Gasteiger partial charge in [0.25, 0.3) is 5.91 Å². The Morgan fingerprint density at radius 2 is 2.17 bits per heavy atom. The van der Waals surface area contributed by atoms with Crippen LogP contribution in [-0.2, 0) is 0 Å². The third kappa shape index (κ3) is 3.93. The maximum atomic E-state index is 13.4. The van der Waals surface area contributed by atoms with Gasteiger partial charge in [-0.1, -0.05) is 11.6 Å². The molecule has 0 fully saturated rings. The van der Waals surface area contributed by atoms with E-state index in [1.165, 1.54) is 6.07 Å². The van der Waals surface area contributed by atoms with Crippen LogP contribution in [0.2, 0.25) is 5.02 Å². The number of aliphatic hydroxyl groups is 1. The predicted octanol–water partition coefficient (Wildman–Crippen LogP) is 3.13. The molecule has 1 rings (SSSR count). The summed E-state index contributed by atoms with van der Waals surface area (Å²) in [6.45, 7) is 3.50. The summed E-state index contributed by atoms with van der Waals surface area (Å²) in [4.78, 5) is 12.0. The lowest BCUT2D eigenvalue weighted by atomic mass is 10.0. The topological polar surface area (TPSA) is 49.3 Å². The molecule has 0 spiro atoms.